The molecule has 0 heterocycles. The number of aliphatic hydroxyl groups excluding tert-OH is 1. The summed E-state index contributed by atoms with van der Waals surface area (Å²) in [4.78, 5) is 11.7. The summed E-state index contributed by atoms with van der Waals surface area (Å²) in [7, 11) is 0. The number of aliphatic hydroxyl groups is 1. The van der Waals surface area contributed by atoms with Crippen LogP contribution < -0.4 is 5.32 Å². The summed E-state index contributed by atoms with van der Waals surface area (Å²) in [6.07, 6.45) is 2.81. The molecule has 0 aliphatic heterocycles. The Morgan fingerprint density at radius 2 is 2.00 bits per heavy atom. The van der Waals surface area contributed by atoms with Gasteiger partial charge in [-0.25, -0.2) is 9.18 Å². The smallest absolute Gasteiger partial charge is 0.433 e. The van der Waals surface area contributed by atoms with Gasteiger partial charge in [-0.3, -0.25) is 5.41 Å². The van der Waals surface area contributed by atoms with E-state index in [-0.39, 0.29) is 24.5 Å². The van der Waals surface area contributed by atoms with Crippen molar-refractivity contribution in [2.24, 2.45) is 5.92 Å². The maximum atomic E-state index is 14.3. The molecule has 0 aromatic heterocycles. The highest BCUT2D eigenvalue weighted by Crippen LogP contribution is 2.30. The highest BCUT2D eigenvalue weighted by Gasteiger charge is 2.38. The van der Waals surface area contributed by atoms with Gasteiger partial charge >= 0.3 is 12.1 Å². The summed E-state index contributed by atoms with van der Waals surface area (Å²) in [5, 5.41) is 20.3. The van der Waals surface area contributed by atoms with E-state index in [9.17, 15) is 27.5 Å². The molecule has 6 nitrogen and oxygen atoms in total. The van der Waals surface area contributed by atoms with Crippen LogP contribution in [0.25, 0.3) is 0 Å². The molecule has 0 fully saturated rings. The molecule has 1 aliphatic carbocycles. The van der Waals surface area contributed by atoms with Crippen molar-refractivity contribution in [3.63, 3.8) is 0 Å². The predicted octanol–water partition coefficient (Wildman–Crippen LogP) is 6.12. The van der Waals surface area contributed by atoms with Gasteiger partial charge in [0.05, 0.1) is 18.8 Å². The monoisotopic (exact) mass is 500 g/mol. The first kappa shape index (κ1) is 29.7. The quantitative estimate of drug-likeness (QED) is 0.0707. The fourth-order valence-corrected chi connectivity index (χ4v) is 3.15. The van der Waals surface area contributed by atoms with E-state index in [1.54, 1.807) is 6.92 Å². The van der Waals surface area contributed by atoms with Crippen LogP contribution in [-0.4, -0.2) is 42.7 Å². The lowest BCUT2D eigenvalue weighted by atomic mass is 9.99. The topological polar surface area (TPSA) is 91.6 Å². The van der Waals surface area contributed by atoms with Crippen molar-refractivity contribution in [1.82, 2.24) is 5.32 Å². The number of hydrogen-bond donors (Lipinski definition) is 3. The third-order valence-corrected chi connectivity index (χ3v) is 4.85. The van der Waals surface area contributed by atoms with Crippen molar-refractivity contribution in [2.75, 3.05) is 19.8 Å². The van der Waals surface area contributed by atoms with E-state index >= 15 is 0 Å². The Labute approximate surface area is 202 Å². The highest BCUT2D eigenvalue weighted by molar-refractivity contribution is 6.05. The van der Waals surface area contributed by atoms with Crippen molar-refractivity contribution in [2.45, 2.75) is 46.2 Å². The minimum absolute atomic E-state index is 0.121. The van der Waals surface area contributed by atoms with Gasteiger partial charge in [0.15, 0.2) is 0 Å². The standard InChI is InChI=1S/C25H32F4N2O4/c1-5-9-17-15-21(32)19(23(30)25(27,28)29)10-11-22(17)35-13-8-12-31-16(4)14-20(26)18(6-2)24(33)34-7-3/h6,10-11,14-15,17,30-32H,4-5,7-9,12-13H2,1-3H3/b18-6+,20-14+,30-23?. The van der Waals surface area contributed by atoms with E-state index in [4.69, 9.17) is 14.9 Å². The molecule has 35 heavy (non-hydrogen) atoms. The molecule has 1 atom stereocenters. The summed E-state index contributed by atoms with van der Waals surface area (Å²) < 4.78 is 63.6. The molecule has 10 heteroatoms. The van der Waals surface area contributed by atoms with Gasteiger partial charge in [0.25, 0.3) is 0 Å². The molecule has 0 bridgehead atoms. The second-order valence-corrected chi connectivity index (χ2v) is 7.54. The fraction of sp³-hybridized carbons (Fsp3) is 0.440. The lowest BCUT2D eigenvalue weighted by molar-refractivity contribution is -0.138. The molecular weight excluding hydrogens is 468 g/mol. The van der Waals surface area contributed by atoms with Gasteiger partial charge in [-0.2, -0.15) is 13.2 Å². The van der Waals surface area contributed by atoms with E-state index in [1.807, 2.05) is 6.92 Å². The van der Waals surface area contributed by atoms with E-state index < -0.39 is 40.9 Å². The van der Waals surface area contributed by atoms with Crippen LogP contribution in [-0.2, 0) is 14.3 Å². The van der Waals surface area contributed by atoms with Gasteiger partial charge < -0.3 is 19.9 Å². The number of esters is 1. The zero-order chi connectivity index (χ0) is 26.6. The third-order valence-electron chi connectivity index (χ3n) is 4.85. The average Bonchev–Trinajstić information content (AvgIpc) is 2.91. The number of carbonyl (C=O) groups excluding carboxylic acids is 1. The number of rotatable bonds is 13. The summed E-state index contributed by atoms with van der Waals surface area (Å²) in [6.45, 7) is 9.37. The molecule has 3 N–H and O–H groups in total. The second-order valence-electron chi connectivity index (χ2n) is 7.54. The normalized spacial score (nSPS) is 17.0. The van der Waals surface area contributed by atoms with Crippen LogP contribution in [0, 0.1) is 11.3 Å². The minimum atomic E-state index is -4.89. The lowest BCUT2D eigenvalue weighted by Gasteiger charge is -2.17. The van der Waals surface area contributed by atoms with Crippen LogP contribution in [0.1, 0.15) is 40.0 Å². The SMILES string of the molecule is C=C(/C=C(F)\C(=C/C)C(=O)OCC)NCCCOC1=CC=C(C(=N)C(F)(F)F)C(O)=CC1CCC. The zero-order valence-corrected chi connectivity index (χ0v) is 20.1. The average molecular weight is 501 g/mol. The molecule has 0 radical (unpaired) electrons. The first-order valence-electron chi connectivity index (χ1n) is 11.2. The highest BCUT2D eigenvalue weighted by atomic mass is 19.4. The number of halogens is 4. The molecule has 1 rings (SSSR count). The van der Waals surface area contributed by atoms with Crippen LogP contribution in [0.15, 0.2) is 71.1 Å². The Hall–Kier alpha value is -3.30. The molecule has 0 aromatic carbocycles. The number of allylic oxidation sites excluding steroid dienone is 6. The van der Waals surface area contributed by atoms with Crippen molar-refractivity contribution >= 4 is 11.7 Å². The van der Waals surface area contributed by atoms with Crippen molar-refractivity contribution in [1.29, 1.82) is 5.41 Å². The molecule has 1 unspecified atom stereocenters. The number of nitrogens with one attached hydrogen (secondary N) is 2. The zero-order valence-electron chi connectivity index (χ0n) is 20.1. The maximum Gasteiger partial charge on any atom is 0.433 e. The predicted molar refractivity (Wildman–Crippen MR) is 126 cm³/mol. The van der Waals surface area contributed by atoms with E-state index in [2.05, 4.69) is 11.9 Å². The number of hydrogen-bond acceptors (Lipinski definition) is 6. The maximum absolute atomic E-state index is 14.3. The van der Waals surface area contributed by atoms with Crippen LogP contribution >= 0.6 is 0 Å². The molecule has 1 aliphatic rings. The molecule has 0 saturated heterocycles. The Bertz CT molecular complexity index is 944. The van der Waals surface area contributed by atoms with Crippen LogP contribution in [0.4, 0.5) is 17.6 Å². The van der Waals surface area contributed by atoms with E-state index in [0.29, 0.717) is 31.6 Å². The summed E-state index contributed by atoms with van der Waals surface area (Å²) in [5.74, 6) is -2.25. The van der Waals surface area contributed by atoms with E-state index in [1.165, 1.54) is 25.2 Å². The molecular formula is C25H32F4N2O4. The van der Waals surface area contributed by atoms with Crippen LogP contribution in [0.3, 0.4) is 0 Å². The molecule has 194 valence electrons. The summed E-state index contributed by atoms with van der Waals surface area (Å²) >= 11 is 0. The number of alkyl halides is 3. The summed E-state index contributed by atoms with van der Waals surface area (Å²) in [6, 6.07) is 0. The Morgan fingerprint density at radius 1 is 1.31 bits per heavy atom. The van der Waals surface area contributed by atoms with Gasteiger partial charge in [0.1, 0.15) is 23.1 Å². The van der Waals surface area contributed by atoms with E-state index in [0.717, 1.165) is 12.2 Å². The Morgan fingerprint density at radius 3 is 2.57 bits per heavy atom. The minimum Gasteiger partial charge on any atom is -0.508 e. The molecule has 0 aromatic rings. The first-order valence-corrected chi connectivity index (χ1v) is 11.2. The lowest BCUT2D eigenvalue weighted by Crippen LogP contribution is -2.24. The van der Waals surface area contributed by atoms with Gasteiger partial charge in [-0.05, 0) is 51.0 Å². The fourth-order valence-electron chi connectivity index (χ4n) is 3.15. The van der Waals surface area contributed by atoms with Crippen molar-refractivity contribution < 1.29 is 36.9 Å². The molecule has 0 saturated carbocycles. The van der Waals surface area contributed by atoms with Crippen molar-refractivity contribution in [3.05, 3.63) is 71.1 Å². The van der Waals surface area contributed by atoms with Gasteiger partial charge in [0, 0.05) is 23.7 Å². The van der Waals surface area contributed by atoms with Gasteiger partial charge in [0.2, 0.25) is 0 Å². The third kappa shape index (κ3) is 9.46. The van der Waals surface area contributed by atoms with Gasteiger partial charge in [-0.15, -0.1) is 0 Å². The van der Waals surface area contributed by atoms with Crippen molar-refractivity contribution in [3.8, 4) is 0 Å². The molecule has 0 amide bonds. The molecule has 0 spiro atoms. The first-order chi connectivity index (χ1) is 16.5. The Kier molecular flexibility index (Phi) is 12.0. The number of carbonyl (C=O) groups is 1. The number of ether oxygens (including phenoxy) is 2. The Balaban J connectivity index is 2.72. The van der Waals surface area contributed by atoms with Crippen LogP contribution in [0.5, 0.6) is 0 Å². The largest absolute Gasteiger partial charge is 0.508 e. The van der Waals surface area contributed by atoms with Gasteiger partial charge in [-0.1, -0.05) is 26.0 Å². The summed E-state index contributed by atoms with van der Waals surface area (Å²) in [5.41, 5.74) is -2.23. The van der Waals surface area contributed by atoms with Crippen LogP contribution in [0.2, 0.25) is 0 Å². The second kappa shape index (κ2) is 14.2.